The van der Waals surface area contributed by atoms with Crippen molar-refractivity contribution in [3.8, 4) is 0 Å². The number of likely N-dealkylation sites (N-methyl/N-ethyl adjacent to an activating group) is 1. The van der Waals surface area contributed by atoms with Crippen molar-refractivity contribution in [3.05, 3.63) is 35.4 Å². The maximum Gasteiger partial charge on any atom is 0.418 e. The Morgan fingerprint density at radius 2 is 2.00 bits per heavy atom. The van der Waals surface area contributed by atoms with Gasteiger partial charge in [-0.05, 0) is 31.5 Å². The molecule has 1 aromatic carbocycles. The van der Waals surface area contributed by atoms with Crippen LogP contribution in [0.2, 0.25) is 0 Å². The van der Waals surface area contributed by atoms with Gasteiger partial charge < -0.3 is 10.4 Å². The van der Waals surface area contributed by atoms with Gasteiger partial charge in [0.05, 0.1) is 0 Å². The molecule has 0 bridgehead atoms. The second kappa shape index (κ2) is 5.51. The van der Waals surface area contributed by atoms with Crippen molar-refractivity contribution in [1.29, 1.82) is 0 Å². The van der Waals surface area contributed by atoms with Crippen LogP contribution < -0.4 is 5.32 Å². The Morgan fingerprint density at radius 1 is 1.35 bits per heavy atom. The number of rotatable bonds is 4. The van der Waals surface area contributed by atoms with Crippen LogP contribution in [0.5, 0.6) is 0 Å². The van der Waals surface area contributed by atoms with Crippen LogP contribution in [-0.2, 0) is 6.42 Å². The third kappa shape index (κ3) is 4.02. The Balaban J connectivity index is 2.86. The Bertz CT molecular complexity index is 365. The first kappa shape index (κ1) is 14.0. The average Bonchev–Trinajstić information content (AvgIpc) is 2.27. The number of benzene rings is 1. The first-order valence-corrected chi connectivity index (χ1v) is 5.35. The summed E-state index contributed by atoms with van der Waals surface area (Å²) in [6.07, 6.45) is -6.41. The smallest absolute Gasteiger partial charge is 0.379 e. The zero-order valence-electron chi connectivity index (χ0n) is 9.75. The van der Waals surface area contributed by atoms with Gasteiger partial charge in [0.1, 0.15) is 0 Å². The molecular formula is C12H16F3NO. The molecule has 0 aliphatic carbocycles. The molecule has 0 heterocycles. The van der Waals surface area contributed by atoms with E-state index in [9.17, 15) is 13.2 Å². The highest BCUT2D eigenvalue weighted by Gasteiger charge is 2.39. The summed E-state index contributed by atoms with van der Waals surface area (Å²) in [4.78, 5) is 0. The molecule has 17 heavy (non-hydrogen) atoms. The Labute approximate surface area is 98.5 Å². The summed E-state index contributed by atoms with van der Waals surface area (Å²) in [6, 6.07) is 6.13. The van der Waals surface area contributed by atoms with Crippen LogP contribution in [0, 0.1) is 0 Å². The minimum Gasteiger partial charge on any atom is -0.379 e. The van der Waals surface area contributed by atoms with Crippen LogP contribution in [0.4, 0.5) is 13.2 Å². The van der Waals surface area contributed by atoms with E-state index >= 15 is 0 Å². The summed E-state index contributed by atoms with van der Waals surface area (Å²) >= 11 is 0. The zero-order chi connectivity index (χ0) is 13.1. The van der Waals surface area contributed by atoms with Crippen molar-refractivity contribution < 1.29 is 18.3 Å². The van der Waals surface area contributed by atoms with Crippen LogP contribution in [0.1, 0.15) is 24.2 Å². The molecular weight excluding hydrogens is 231 g/mol. The molecule has 0 saturated heterocycles. The van der Waals surface area contributed by atoms with Gasteiger partial charge in [-0.3, -0.25) is 0 Å². The number of halogens is 3. The predicted octanol–water partition coefficient (Wildman–Crippen LogP) is 2.43. The third-order valence-electron chi connectivity index (χ3n) is 2.61. The van der Waals surface area contributed by atoms with Crippen molar-refractivity contribution in [2.24, 2.45) is 0 Å². The molecule has 0 aromatic heterocycles. The molecule has 2 atom stereocenters. The molecule has 96 valence electrons. The lowest BCUT2D eigenvalue weighted by Crippen LogP contribution is -2.24. The number of nitrogens with one attached hydrogen (secondary N) is 1. The molecule has 0 saturated carbocycles. The van der Waals surface area contributed by atoms with Crippen molar-refractivity contribution in [2.45, 2.75) is 31.7 Å². The lowest BCUT2D eigenvalue weighted by molar-refractivity contribution is -0.206. The van der Waals surface area contributed by atoms with Gasteiger partial charge in [0.15, 0.2) is 6.10 Å². The van der Waals surface area contributed by atoms with Crippen LogP contribution in [0.3, 0.4) is 0 Å². The zero-order valence-corrected chi connectivity index (χ0v) is 9.75. The lowest BCUT2D eigenvalue weighted by atomic mass is 10.0. The van der Waals surface area contributed by atoms with Crippen LogP contribution >= 0.6 is 0 Å². The Morgan fingerprint density at radius 3 is 2.53 bits per heavy atom. The first-order chi connectivity index (χ1) is 7.84. The van der Waals surface area contributed by atoms with Crippen molar-refractivity contribution in [3.63, 3.8) is 0 Å². The third-order valence-corrected chi connectivity index (χ3v) is 2.61. The van der Waals surface area contributed by atoms with Gasteiger partial charge in [-0.1, -0.05) is 24.3 Å². The summed E-state index contributed by atoms with van der Waals surface area (Å²) in [7, 11) is 1.79. The fraction of sp³-hybridized carbons (Fsp3) is 0.500. The fourth-order valence-electron chi connectivity index (χ4n) is 1.53. The largest absolute Gasteiger partial charge is 0.418 e. The average molecular weight is 247 g/mol. The van der Waals surface area contributed by atoms with Gasteiger partial charge in [0.2, 0.25) is 0 Å². The highest BCUT2D eigenvalue weighted by Crippen LogP contribution is 2.32. The van der Waals surface area contributed by atoms with Gasteiger partial charge in [0.25, 0.3) is 0 Å². The van der Waals surface area contributed by atoms with Crippen molar-refractivity contribution in [1.82, 2.24) is 5.32 Å². The number of alkyl halides is 3. The van der Waals surface area contributed by atoms with E-state index in [0.717, 1.165) is 5.56 Å². The molecule has 0 aliphatic heterocycles. The Hall–Kier alpha value is -1.07. The number of aliphatic hydroxyl groups excluding tert-OH is 1. The van der Waals surface area contributed by atoms with E-state index in [0.29, 0.717) is 6.42 Å². The number of aliphatic hydroxyl groups is 1. The highest BCUT2D eigenvalue weighted by atomic mass is 19.4. The van der Waals surface area contributed by atoms with Crippen LogP contribution in [0.25, 0.3) is 0 Å². The monoisotopic (exact) mass is 247 g/mol. The molecule has 1 rings (SSSR count). The van der Waals surface area contributed by atoms with Crippen molar-refractivity contribution in [2.75, 3.05) is 7.05 Å². The van der Waals surface area contributed by atoms with E-state index in [4.69, 9.17) is 5.11 Å². The predicted molar refractivity (Wildman–Crippen MR) is 59.7 cm³/mol. The molecule has 0 spiro atoms. The molecule has 2 unspecified atom stereocenters. The normalized spacial score (nSPS) is 15.6. The van der Waals surface area contributed by atoms with Gasteiger partial charge in [-0.25, -0.2) is 0 Å². The minimum absolute atomic E-state index is 0.113. The minimum atomic E-state index is -4.62. The molecule has 1 aromatic rings. The van der Waals surface area contributed by atoms with E-state index in [-0.39, 0.29) is 11.6 Å². The molecule has 0 aliphatic rings. The standard InChI is InChI=1S/C12H16F3NO/c1-8(16-2)6-9-4-3-5-10(7-9)11(17)12(13,14)15/h3-5,7-8,11,16-17H,6H2,1-2H3. The molecule has 2 nitrogen and oxygen atoms in total. The second-order valence-electron chi connectivity index (χ2n) is 4.08. The highest BCUT2D eigenvalue weighted by molar-refractivity contribution is 5.26. The maximum atomic E-state index is 12.3. The first-order valence-electron chi connectivity index (χ1n) is 5.35. The summed E-state index contributed by atoms with van der Waals surface area (Å²) in [5.41, 5.74) is 0.658. The molecule has 2 N–H and O–H groups in total. The van der Waals surface area contributed by atoms with Crippen LogP contribution in [0.15, 0.2) is 24.3 Å². The number of hydrogen-bond acceptors (Lipinski definition) is 2. The maximum absolute atomic E-state index is 12.3. The quantitative estimate of drug-likeness (QED) is 0.856. The SMILES string of the molecule is CNC(C)Cc1cccc(C(O)C(F)(F)F)c1. The fourth-order valence-corrected chi connectivity index (χ4v) is 1.53. The molecule has 0 radical (unpaired) electrons. The van der Waals surface area contributed by atoms with Crippen molar-refractivity contribution >= 4 is 0 Å². The summed E-state index contributed by atoms with van der Waals surface area (Å²) in [5.74, 6) is 0. The summed E-state index contributed by atoms with van der Waals surface area (Å²) in [6.45, 7) is 1.94. The molecule has 0 amide bonds. The number of hydrogen-bond donors (Lipinski definition) is 2. The van der Waals surface area contributed by atoms with E-state index in [1.807, 2.05) is 6.92 Å². The van der Waals surface area contributed by atoms with E-state index in [1.165, 1.54) is 18.2 Å². The summed E-state index contributed by atoms with van der Waals surface area (Å²) < 4.78 is 37.0. The second-order valence-corrected chi connectivity index (χ2v) is 4.08. The lowest BCUT2D eigenvalue weighted by Gasteiger charge is -2.16. The van der Waals surface area contributed by atoms with E-state index < -0.39 is 12.3 Å². The molecule has 5 heteroatoms. The van der Waals surface area contributed by atoms with Gasteiger partial charge in [-0.2, -0.15) is 13.2 Å². The summed E-state index contributed by atoms with van der Waals surface area (Å²) in [5, 5.41) is 12.1. The van der Waals surface area contributed by atoms with Gasteiger partial charge >= 0.3 is 6.18 Å². The van der Waals surface area contributed by atoms with Gasteiger partial charge in [0, 0.05) is 6.04 Å². The topological polar surface area (TPSA) is 32.3 Å². The Kier molecular flexibility index (Phi) is 4.54. The van der Waals surface area contributed by atoms with E-state index in [1.54, 1.807) is 13.1 Å². The molecule has 0 fully saturated rings. The van der Waals surface area contributed by atoms with Crippen LogP contribution in [-0.4, -0.2) is 24.4 Å². The van der Waals surface area contributed by atoms with Gasteiger partial charge in [-0.15, -0.1) is 0 Å². The van der Waals surface area contributed by atoms with E-state index in [2.05, 4.69) is 5.32 Å².